The maximum Gasteiger partial charge on any atom is 0.223 e. The number of amides is 1. The van der Waals surface area contributed by atoms with E-state index in [1.54, 1.807) is 24.3 Å². The van der Waals surface area contributed by atoms with Gasteiger partial charge in [0.1, 0.15) is 30.1 Å². The Morgan fingerprint density at radius 1 is 1.36 bits per heavy atom. The summed E-state index contributed by atoms with van der Waals surface area (Å²) in [6.45, 7) is 0.761. The van der Waals surface area contributed by atoms with Crippen LogP contribution in [-0.4, -0.2) is 58.5 Å². The van der Waals surface area contributed by atoms with Crippen molar-refractivity contribution in [2.24, 2.45) is 0 Å². The molecule has 22 heavy (non-hydrogen) atoms. The molecule has 1 aromatic rings. The molecular weight excluding hydrogens is 314 g/mol. The van der Waals surface area contributed by atoms with Gasteiger partial charge < -0.3 is 30.1 Å². The summed E-state index contributed by atoms with van der Waals surface area (Å²) in [5.74, 6) is -0.125. The van der Waals surface area contributed by atoms with Gasteiger partial charge in [0, 0.05) is 6.92 Å². The first kappa shape index (κ1) is 17.0. The van der Waals surface area contributed by atoms with Crippen molar-refractivity contribution in [3.63, 3.8) is 0 Å². The highest BCUT2D eigenvalue weighted by molar-refractivity contribution is 6.32. The number of aliphatic hydroxyl groups is 3. The van der Waals surface area contributed by atoms with Crippen LogP contribution in [0.25, 0.3) is 0 Å². The Morgan fingerprint density at radius 3 is 2.64 bits per heavy atom. The lowest BCUT2D eigenvalue weighted by Gasteiger charge is -2.42. The van der Waals surface area contributed by atoms with Crippen molar-refractivity contribution in [1.82, 2.24) is 5.32 Å². The van der Waals surface area contributed by atoms with Gasteiger partial charge in [-0.15, -0.1) is 0 Å². The van der Waals surface area contributed by atoms with Crippen LogP contribution in [0.1, 0.15) is 6.92 Å². The predicted molar refractivity (Wildman–Crippen MR) is 77.4 cm³/mol. The third kappa shape index (κ3) is 3.68. The molecule has 1 heterocycles. The van der Waals surface area contributed by atoms with Gasteiger partial charge in [-0.3, -0.25) is 4.79 Å². The smallest absolute Gasteiger partial charge is 0.223 e. The highest BCUT2D eigenvalue weighted by Crippen LogP contribution is 2.28. The van der Waals surface area contributed by atoms with Gasteiger partial charge in [-0.1, -0.05) is 23.7 Å². The zero-order valence-corrected chi connectivity index (χ0v) is 12.6. The molecule has 1 aliphatic heterocycles. The summed E-state index contributed by atoms with van der Waals surface area (Å²) < 4.78 is 11.0. The van der Waals surface area contributed by atoms with Crippen molar-refractivity contribution in [1.29, 1.82) is 0 Å². The lowest BCUT2D eigenvalue weighted by molar-refractivity contribution is -0.244. The van der Waals surface area contributed by atoms with E-state index in [2.05, 4.69) is 5.32 Å². The van der Waals surface area contributed by atoms with Crippen LogP contribution in [0.15, 0.2) is 24.3 Å². The number of carbonyl (C=O) groups excluding carboxylic acids is 1. The van der Waals surface area contributed by atoms with Crippen LogP contribution >= 0.6 is 11.6 Å². The van der Waals surface area contributed by atoms with Crippen LogP contribution in [0, 0.1) is 0 Å². The number of carbonyl (C=O) groups is 1. The topological polar surface area (TPSA) is 108 Å². The second-order valence-electron chi connectivity index (χ2n) is 4.98. The van der Waals surface area contributed by atoms with E-state index in [1.165, 1.54) is 6.92 Å². The first-order chi connectivity index (χ1) is 10.4. The first-order valence-electron chi connectivity index (χ1n) is 6.74. The van der Waals surface area contributed by atoms with Crippen LogP contribution in [0.2, 0.25) is 5.02 Å². The summed E-state index contributed by atoms with van der Waals surface area (Å²) in [4.78, 5) is 11.3. The molecule has 122 valence electrons. The number of ether oxygens (including phenoxy) is 2. The molecule has 0 radical (unpaired) electrons. The Labute approximate surface area is 132 Å². The number of hydrogen-bond acceptors (Lipinski definition) is 6. The van der Waals surface area contributed by atoms with E-state index in [0.717, 1.165) is 0 Å². The van der Waals surface area contributed by atoms with Crippen LogP contribution < -0.4 is 10.1 Å². The van der Waals surface area contributed by atoms with Crippen molar-refractivity contribution >= 4 is 17.5 Å². The Bertz CT molecular complexity index is 528. The molecule has 0 aliphatic carbocycles. The fourth-order valence-electron chi connectivity index (χ4n) is 2.24. The largest absolute Gasteiger partial charge is 0.461 e. The third-order valence-corrected chi connectivity index (χ3v) is 3.64. The van der Waals surface area contributed by atoms with Gasteiger partial charge in [0.25, 0.3) is 0 Å². The second-order valence-corrected chi connectivity index (χ2v) is 5.39. The molecule has 5 atom stereocenters. The van der Waals surface area contributed by atoms with E-state index in [4.69, 9.17) is 21.1 Å². The standard InChI is InChI=1S/C14H18ClNO6/c1-7(18)16-11-13(20)12(19)10(6-17)22-14(11)21-9-5-3-2-4-8(9)15/h2-5,10-14,17,19-20H,6H2,1H3,(H,16,18)/t10-,11-,12-,13-,14-/m0/s1. The summed E-state index contributed by atoms with van der Waals surface area (Å²) in [6.07, 6.45) is -4.86. The molecule has 1 aromatic carbocycles. The Balaban J connectivity index is 2.23. The monoisotopic (exact) mass is 331 g/mol. The Kier molecular flexibility index (Phi) is 5.60. The molecule has 4 N–H and O–H groups in total. The fourth-order valence-corrected chi connectivity index (χ4v) is 2.42. The lowest BCUT2D eigenvalue weighted by atomic mass is 9.97. The number of halogens is 1. The second kappa shape index (κ2) is 7.26. The summed E-state index contributed by atoms with van der Waals surface area (Å²) in [7, 11) is 0. The molecule has 0 aromatic heterocycles. The van der Waals surface area contributed by atoms with Gasteiger partial charge in [-0.2, -0.15) is 0 Å². The van der Waals surface area contributed by atoms with Gasteiger partial charge in [-0.25, -0.2) is 0 Å². The van der Waals surface area contributed by atoms with Crippen LogP contribution in [0.3, 0.4) is 0 Å². The van der Waals surface area contributed by atoms with Crippen molar-refractivity contribution in [3.8, 4) is 5.75 Å². The van der Waals surface area contributed by atoms with Crippen molar-refractivity contribution in [3.05, 3.63) is 29.3 Å². The molecule has 1 saturated heterocycles. The van der Waals surface area contributed by atoms with Crippen LogP contribution in [-0.2, 0) is 9.53 Å². The maximum atomic E-state index is 11.3. The quantitative estimate of drug-likeness (QED) is 0.601. The van der Waals surface area contributed by atoms with Gasteiger partial charge >= 0.3 is 0 Å². The van der Waals surface area contributed by atoms with E-state index in [-0.39, 0.29) is 0 Å². The number of hydrogen-bond donors (Lipinski definition) is 4. The normalized spacial score (nSPS) is 31.6. The van der Waals surface area contributed by atoms with Gasteiger partial charge in [0.2, 0.25) is 12.2 Å². The van der Waals surface area contributed by atoms with Crippen LogP contribution in [0.4, 0.5) is 0 Å². The predicted octanol–water partition coefficient (Wildman–Crippen LogP) is -0.338. The maximum absolute atomic E-state index is 11.3. The summed E-state index contributed by atoms with van der Waals surface area (Å²) >= 11 is 6.00. The van der Waals surface area contributed by atoms with E-state index < -0.39 is 43.2 Å². The fraction of sp³-hybridized carbons (Fsp3) is 0.500. The molecular formula is C14H18ClNO6. The molecule has 7 nitrogen and oxygen atoms in total. The average molecular weight is 332 g/mol. The van der Waals surface area contributed by atoms with E-state index in [1.807, 2.05) is 0 Å². The lowest BCUT2D eigenvalue weighted by Crippen LogP contribution is -2.65. The number of para-hydroxylation sites is 1. The summed E-state index contributed by atoms with van der Waals surface area (Å²) in [6, 6.07) is 5.62. The van der Waals surface area contributed by atoms with E-state index in [0.29, 0.717) is 10.8 Å². The van der Waals surface area contributed by atoms with E-state index >= 15 is 0 Å². The SMILES string of the molecule is CC(=O)N[C@@H]1[C@@H](Oc2ccccc2Cl)O[C@@H](CO)[C@H](O)[C@H]1O. The van der Waals surface area contributed by atoms with Crippen molar-refractivity contribution < 1.29 is 29.6 Å². The zero-order chi connectivity index (χ0) is 16.3. The minimum atomic E-state index is -1.36. The molecule has 0 spiro atoms. The minimum absolute atomic E-state index is 0.296. The molecule has 8 heteroatoms. The summed E-state index contributed by atoms with van der Waals surface area (Å²) in [5.41, 5.74) is 0. The molecule has 0 bridgehead atoms. The Hall–Kier alpha value is -1.38. The average Bonchev–Trinajstić information content (AvgIpc) is 2.48. The highest BCUT2D eigenvalue weighted by atomic mass is 35.5. The highest BCUT2D eigenvalue weighted by Gasteiger charge is 2.46. The zero-order valence-electron chi connectivity index (χ0n) is 11.8. The number of rotatable bonds is 4. The molecule has 0 unspecified atom stereocenters. The molecule has 0 saturated carbocycles. The van der Waals surface area contributed by atoms with Crippen LogP contribution in [0.5, 0.6) is 5.75 Å². The minimum Gasteiger partial charge on any atom is -0.461 e. The van der Waals surface area contributed by atoms with Crippen molar-refractivity contribution in [2.75, 3.05) is 6.61 Å². The molecule has 1 fully saturated rings. The van der Waals surface area contributed by atoms with Gasteiger partial charge in [0.05, 0.1) is 11.6 Å². The van der Waals surface area contributed by atoms with Gasteiger partial charge in [0.15, 0.2) is 0 Å². The van der Waals surface area contributed by atoms with Crippen molar-refractivity contribution in [2.45, 2.75) is 37.6 Å². The molecule has 1 amide bonds. The number of aliphatic hydroxyl groups excluding tert-OH is 3. The number of nitrogens with one attached hydrogen (secondary N) is 1. The molecule has 1 aliphatic rings. The molecule has 2 rings (SSSR count). The van der Waals surface area contributed by atoms with Gasteiger partial charge in [-0.05, 0) is 12.1 Å². The number of benzene rings is 1. The first-order valence-corrected chi connectivity index (χ1v) is 7.12. The summed E-state index contributed by atoms with van der Waals surface area (Å²) in [5, 5.41) is 32.0. The van der Waals surface area contributed by atoms with E-state index in [9.17, 15) is 20.1 Å². The third-order valence-electron chi connectivity index (χ3n) is 3.33. The Morgan fingerprint density at radius 2 is 2.05 bits per heavy atom.